The number of ether oxygens (including phenoxy) is 1. The van der Waals surface area contributed by atoms with Crippen molar-refractivity contribution in [2.75, 3.05) is 13.7 Å². The van der Waals surface area contributed by atoms with Gasteiger partial charge in [-0.15, -0.1) is 5.10 Å². The molecule has 160 valence electrons. The van der Waals surface area contributed by atoms with E-state index in [1.807, 2.05) is 0 Å². The van der Waals surface area contributed by atoms with Gasteiger partial charge in [-0.2, -0.15) is 4.31 Å². The molecule has 1 aliphatic heterocycles. The molecule has 0 spiro atoms. The summed E-state index contributed by atoms with van der Waals surface area (Å²) in [5, 5.41) is 7.64. The molecule has 3 rings (SSSR count). The number of amides is 2. The molecule has 1 aliphatic rings. The van der Waals surface area contributed by atoms with Gasteiger partial charge in [-0.25, -0.2) is 13.1 Å². The van der Waals surface area contributed by atoms with E-state index >= 15 is 0 Å². The van der Waals surface area contributed by atoms with Crippen molar-refractivity contribution in [2.24, 2.45) is 11.5 Å². The molecule has 0 radical (unpaired) electrons. The third-order valence-corrected chi connectivity index (χ3v) is 6.78. The predicted octanol–water partition coefficient (Wildman–Crippen LogP) is -0.693. The lowest BCUT2D eigenvalue weighted by Crippen LogP contribution is -2.41. The van der Waals surface area contributed by atoms with Crippen molar-refractivity contribution >= 4 is 39.4 Å². The van der Waals surface area contributed by atoms with Crippen LogP contribution in [0, 0.1) is 0 Å². The number of benzene rings is 1. The third kappa shape index (κ3) is 3.74. The van der Waals surface area contributed by atoms with Gasteiger partial charge in [0, 0.05) is 11.6 Å². The molecule has 30 heavy (non-hydrogen) atoms. The molecule has 4 N–H and O–H groups in total. The van der Waals surface area contributed by atoms with Crippen LogP contribution in [0.2, 0.25) is 5.02 Å². The first-order valence-electron chi connectivity index (χ1n) is 8.48. The molecule has 1 saturated heterocycles. The van der Waals surface area contributed by atoms with Gasteiger partial charge in [0.1, 0.15) is 6.04 Å². The van der Waals surface area contributed by atoms with E-state index < -0.39 is 45.6 Å². The fourth-order valence-electron chi connectivity index (χ4n) is 3.26. The highest BCUT2D eigenvalue weighted by atomic mass is 35.5. The van der Waals surface area contributed by atoms with Crippen LogP contribution in [-0.4, -0.2) is 65.2 Å². The Morgan fingerprint density at radius 1 is 1.17 bits per heavy atom. The number of methoxy groups -OCH3 is 1. The molecule has 2 amide bonds. The number of esters is 1. The molecule has 2 aromatic rings. The molecule has 0 bridgehead atoms. The normalized spacial score (nSPS) is 19.5. The van der Waals surface area contributed by atoms with Crippen molar-refractivity contribution in [3.63, 3.8) is 0 Å². The molecule has 2 atom stereocenters. The van der Waals surface area contributed by atoms with Gasteiger partial charge >= 0.3 is 5.97 Å². The molecule has 0 saturated carbocycles. The van der Waals surface area contributed by atoms with Gasteiger partial charge in [0.2, 0.25) is 10.0 Å². The number of nitrogens with two attached hydrogens (primary N) is 2. The number of hydrogen-bond donors (Lipinski definition) is 2. The SMILES string of the molecule is COC(=O)C1CC(n2nnc(C(N)=O)c2C(N)=O)CN1S(=O)(=O)c1ccc(Cl)cc1. The predicted molar refractivity (Wildman–Crippen MR) is 102 cm³/mol. The summed E-state index contributed by atoms with van der Waals surface area (Å²) in [6.45, 7) is -0.257. The lowest BCUT2D eigenvalue weighted by Gasteiger charge is -2.22. The van der Waals surface area contributed by atoms with Gasteiger partial charge in [0.05, 0.1) is 18.0 Å². The van der Waals surface area contributed by atoms with Crippen LogP contribution in [0.3, 0.4) is 0 Å². The highest BCUT2D eigenvalue weighted by Gasteiger charge is 2.46. The molecule has 2 unspecified atom stereocenters. The number of hydrogen-bond acceptors (Lipinski definition) is 8. The van der Waals surface area contributed by atoms with Crippen molar-refractivity contribution in [2.45, 2.75) is 23.4 Å². The van der Waals surface area contributed by atoms with Crippen LogP contribution in [-0.2, 0) is 19.6 Å². The van der Waals surface area contributed by atoms with E-state index in [0.717, 1.165) is 16.1 Å². The second kappa shape index (κ2) is 8.01. The minimum atomic E-state index is -4.14. The zero-order valence-electron chi connectivity index (χ0n) is 15.6. The molecule has 2 heterocycles. The van der Waals surface area contributed by atoms with E-state index in [4.69, 9.17) is 27.8 Å². The van der Waals surface area contributed by atoms with Crippen LogP contribution in [0.4, 0.5) is 0 Å². The highest BCUT2D eigenvalue weighted by Crippen LogP contribution is 2.34. The number of carbonyl (C=O) groups is 3. The summed E-state index contributed by atoms with van der Waals surface area (Å²) in [5.41, 5.74) is 9.70. The minimum absolute atomic E-state index is 0.0898. The van der Waals surface area contributed by atoms with Gasteiger partial charge in [0.15, 0.2) is 11.4 Å². The van der Waals surface area contributed by atoms with Gasteiger partial charge in [-0.1, -0.05) is 16.8 Å². The largest absolute Gasteiger partial charge is 0.468 e. The van der Waals surface area contributed by atoms with Gasteiger partial charge in [0.25, 0.3) is 11.8 Å². The van der Waals surface area contributed by atoms with Crippen LogP contribution in [0.5, 0.6) is 0 Å². The van der Waals surface area contributed by atoms with E-state index in [-0.39, 0.29) is 23.6 Å². The van der Waals surface area contributed by atoms with Gasteiger partial charge in [-0.05, 0) is 30.7 Å². The number of primary amides is 2. The second-order valence-electron chi connectivity index (χ2n) is 6.42. The molecule has 0 aliphatic carbocycles. The van der Waals surface area contributed by atoms with E-state index in [9.17, 15) is 22.8 Å². The van der Waals surface area contributed by atoms with E-state index in [1.165, 1.54) is 24.3 Å². The van der Waals surface area contributed by atoms with Crippen LogP contribution in [0.15, 0.2) is 29.2 Å². The fourth-order valence-corrected chi connectivity index (χ4v) is 5.02. The van der Waals surface area contributed by atoms with Crippen molar-refractivity contribution < 1.29 is 27.5 Å². The first kappa shape index (κ1) is 21.7. The van der Waals surface area contributed by atoms with Gasteiger partial charge < -0.3 is 16.2 Å². The van der Waals surface area contributed by atoms with Crippen molar-refractivity contribution in [1.29, 1.82) is 0 Å². The highest BCUT2D eigenvalue weighted by molar-refractivity contribution is 7.89. The fraction of sp³-hybridized carbons (Fsp3) is 0.312. The topological polar surface area (TPSA) is 181 Å². The number of aromatic nitrogens is 3. The molecule has 1 fully saturated rings. The Bertz CT molecular complexity index is 1120. The standard InChI is InChI=1S/C16H17ClN6O6S/c1-29-16(26)11-6-9(23-13(15(19)25)12(14(18)24)20-21-23)7-22(11)30(27,28)10-4-2-8(17)3-5-10/h2-5,9,11H,6-7H2,1H3,(H2,18,24)(H2,19,25). The summed E-state index contributed by atoms with van der Waals surface area (Å²) in [6.07, 6.45) is -0.0959. The van der Waals surface area contributed by atoms with Crippen LogP contribution < -0.4 is 11.5 Å². The van der Waals surface area contributed by atoms with E-state index in [2.05, 4.69) is 10.3 Å². The van der Waals surface area contributed by atoms with Crippen molar-refractivity contribution in [1.82, 2.24) is 19.3 Å². The molecule has 1 aromatic carbocycles. The summed E-state index contributed by atoms with van der Waals surface area (Å²) in [4.78, 5) is 35.6. The molecule has 14 heteroatoms. The Kier molecular flexibility index (Phi) is 5.78. The van der Waals surface area contributed by atoms with E-state index in [0.29, 0.717) is 5.02 Å². The zero-order valence-corrected chi connectivity index (χ0v) is 17.1. The van der Waals surface area contributed by atoms with Crippen LogP contribution in [0.25, 0.3) is 0 Å². The van der Waals surface area contributed by atoms with Gasteiger partial charge in [-0.3, -0.25) is 14.4 Å². The Labute approximate surface area is 175 Å². The lowest BCUT2D eigenvalue weighted by atomic mass is 10.1. The van der Waals surface area contributed by atoms with Crippen LogP contribution >= 0.6 is 11.6 Å². The zero-order chi connectivity index (χ0) is 22.2. The first-order valence-corrected chi connectivity index (χ1v) is 10.3. The van der Waals surface area contributed by atoms with Crippen molar-refractivity contribution in [3.8, 4) is 0 Å². The third-order valence-electron chi connectivity index (χ3n) is 4.63. The maximum Gasteiger partial charge on any atom is 0.324 e. The summed E-state index contributed by atoms with van der Waals surface area (Å²) >= 11 is 5.82. The first-order chi connectivity index (χ1) is 14.1. The smallest absolute Gasteiger partial charge is 0.324 e. The number of halogens is 1. The maximum absolute atomic E-state index is 13.1. The number of rotatable bonds is 6. The second-order valence-corrected chi connectivity index (χ2v) is 8.74. The summed E-state index contributed by atoms with van der Waals surface area (Å²) in [5.74, 6) is -2.85. The molecule has 12 nitrogen and oxygen atoms in total. The summed E-state index contributed by atoms with van der Waals surface area (Å²) in [6, 6.07) is 3.36. The Balaban J connectivity index is 2.05. The Morgan fingerprint density at radius 3 is 2.33 bits per heavy atom. The van der Waals surface area contributed by atoms with E-state index in [1.54, 1.807) is 0 Å². The molecular formula is C16H17ClN6O6S. The number of sulfonamides is 1. The molecular weight excluding hydrogens is 440 g/mol. The minimum Gasteiger partial charge on any atom is -0.468 e. The molecule has 1 aromatic heterocycles. The lowest BCUT2D eigenvalue weighted by molar-refractivity contribution is -0.144. The summed E-state index contributed by atoms with van der Waals surface area (Å²) in [7, 11) is -3.02. The average molecular weight is 457 g/mol. The maximum atomic E-state index is 13.1. The monoisotopic (exact) mass is 456 g/mol. The number of carbonyl (C=O) groups excluding carboxylic acids is 3. The summed E-state index contributed by atoms with van der Waals surface area (Å²) < 4.78 is 33.0. The quantitative estimate of drug-likeness (QED) is 0.535. The van der Waals surface area contributed by atoms with Crippen LogP contribution in [0.1, 0.15) is 33.4 Å². The number of nitrogens with zero attached hydrogens (tertiary/aromatic N) is 4. The Hall–Kier alpha value is -3.03. The Morgan fingerprint density at radius 2 is 1.80 bits per heavy atom. The average Bonchev–Trinajstić information content (AvgIpc) is 3.32. The van der Waals surface area contributed by atoms with Crippen molar-refractivity contribution in [3.05, 3.63) is 40.7 Å².